The molecule has 1 N–H and O–H groups in total. The molecule has 0 saturated carbocycles. The van der Waals surface area contributed by atoms with Gasteiger partial charge >= 0.3 is 0 Å². The molecule has 0 amide bonds. The van der Waals surface area contributed by atoms with Crippen molar-refractivity contribution in [2.24, 2.45) is 0 Å². The van der Waals surface area contributed by atoms with Crippen molar-refractivity contribution in [3.05, 3.63) is 47.0 Å². The summed E-state index contributed by atoms with van der Waals surface area (Å²) in [7, 11) is 0. The summed E-state index contributed by atoms with van der Waals surface area (Å²) in [6.45, 7) is 11.3. The van der Waals surface area contributed by atoms with Crippen molar-refractivity contribution < 1.29 is 0 Å². The fraction of sp³-hybridized carbons (Fsp3) is 0.500. The Morgan fingerprint density at radius 3 is 2.29 bits per heavy atom. The van der Waals surface area contributed by atoms with E-state index in [-0.39, 0.29) is 11.1 Å². The minimum absolute atomic E-state index is 0.0715. The molecule has 1 aromatic heterocycles. The Bertz CT molecular complexity index is 593. The Morgan fingerprint density at radius 1 is 1.10 bits per heavy atom. The van der Waals surface area contributed by atoms with Gasteiger partial charge in [-0.1, -0.05) is 23.7 Å². The molecule has 0 aliphatic heterocycles. The van der Waals surface area contributed by atoms with Gasteiger partial charge in [-0.05, 0) is 52.3 Å². The lowest BCUT2D eigenvalue weighted by atomic mass is 9.94. The highest BCUT2D eigenvalue weighted by atomic mass is 35.5. The van der Waals surface area contributed by atoms with Crippen molar-refractivity contribution in [3.8, 4) is 0 Å². The second kappa shape index (κ2) is 5.78. The SMILES string of the molecule is CC(C)(NCc1ncnn1C(C)(C)C)c1ccc(Cl)cc1. The van der Waals surface area contributed by atoms with Crippen molar-refractivity contribution in [2.45, 2.75) is 52.2 Å². The average Bonchev–Trinajstić information content (AvgIpc) is 2.85. The van der Waals surface area contributed by atoms with Crippen LogP contribution in [0.15, 0.2) is 30.6 Å². The number of halogens is 1. The van der Waals surface area contributed by atoms with E-state index in [9.17, 15) is 0 Å². The largest absolute Gasteiger partial charge is 0.301 e. The summed E-state index contributed by atoms with van der Waals surface area (Å²) in [6, 6.07) is 7.92. The first-order chi connectivity index (χ1) is 9.70. The highest BCUT2D eigenvalue weighted by Gasteiger charge is 2.23. The molecule has 2 rings (SSSR count). The third kappa shape index (κ3) is 3.83. The van der Waals surface area contributed by atoms with Gasteiger partial charge in [0, 0.05) is 10.6 Å². The minimum Gasteiger partial charge on any atom is -0.301 e. The standard InChI is InChI=1S/C16H23ClN4/c1-15(2,3)21-14(18-11-20-21)10-19-16(4,5)12-6-8-13(17)9-7-12/h6-9,11,19H,10H2,1-5H3. The van der Waals surface area contributed by atoms with E-state index in [0.29, 0.717) is 6.54 Å². The van der Waals surface area contributed by atoms with Gasteiger partial charge in [0.1, 0.15) is 12.2 Å². The van der Waals surface area contributed by atoms with Crippen LogP contribution in [-0.4, -0.2) is 14.8 Å². The quantitative estimate of drug-likeness (QED) is 0.936. The molecular formula is C16H23ClN4. The van der Waals surface area contributed by atoms with Crippen LogP contribution in [-0.2, 0) is 17.6 Å². The summed E-state index contributed by atoms with van der Waals surface area (Å²) >= 11 is 5.95. The Hall–Kier alpha value is -1.39. The summed E-state index contributed by atoms with van der Waals surface area (Å²) in [5, 5.41) is 8.62. The van der Waals surface area contributed by atoms with Crippen molar-refractivity contribution in [3.63, 3.8) is 0 Å². The maximum atomic E-state index is 5.95. The average molecular weight is 307 g/mol. The summed E-state index contributed by atoms with van der Waals surface area (Å²) in [6.07, 6.45) is 1.61. The molecule has 0 saturated heterocycles. The van der Waals surface area contributed by atoms with E-state index in [4.69, 9.17) is 11.6 Å². The molecule has 1 aromatic carbocycles. The van der Waals surface area contributed by atoms with Gasteiger partial charge in [-0.15, -0.1) is 0 Å². The zero-order valence-electron chi connectivity index (χ0n) is 13.3. The molecule has 4 nitrogen and oxygen atoms in total. The van der Waals surface area contributed by atoms with E-state index in [1.165, 1.54) is 5.56 Å². The first kappa shape index (κ1) is 16.0. The first-order valence-electron chi connectivity index (χ1n) is 7.10. The molecular weight excluding hydrogens is 284 g/mol. The van der Waals surface area contributed by atoms with E-state index >= 15 is 0 Å². The van der Waals surface area contributed by atoms with Gasteiger partial charge in [-0.25, -0.2) is 9.67 Å². The summed E-state index contributed by atoms with van der Waals surface area (Å²) in [5.41, 5.74) is 0.950. The van der Waals surface area contributed by atoms with Crippen molar-refractivity contribution in [1.29, 1.82) is 0 Å². The second-order valence-electron chi connectivity index (χ2n) is 6.74. The van der Waals surface area contributed by atoms with Crippen molar-refractivity contribution in [1.82, 2.24) is 20.1 Å². The highest BCUT2D eigenvalue weighted by molar-refractivity contribution is 6.30. The van der Waals surface area contributed by atoms with E-state index in [0.717, 1.165) is 10.8 Å². The van der Waals surface area contributed by atoms with Crippen LogP contribution < -0.4 is 5.32 Å². The molecule has 21 heavy (non-hydrogen) atoms. The van der Waals surface area contributed by atoms with Gasteiger partial charge in [0.25, 0.3) is 0 Å². The van der Waals surface area contributed by atoms with Crippen LogP contribution in [0.2, 0.25) is 5.02 Å². The Morgan fingerprint density at radius 2 is 1.71 bits per heavy atom. The number of nitrogens with one attached hydrogen (secondary N) is 1. The zero-order valence-corrected chi connectivity index (χ0v) is 14.1. The lowest BCUT2D eigenvalue weighted by molar-refractivity contribution is 0.322. The lowest BCUT2D eigenvalue weighted by Crippen LogP contribution is -2.38. The summed E-state index contributed by atoms with van der Waals surface area (Å²) in [5.74, 6) is 0.935. The third-order valence-electron chi connectivity index (χ3n) is 3.51. The fourth-order valence-electron chi connectivity index (χ4n) is 2.21. The number of hydrogen-bond acceptors (Lipinski definition) is 3. The second-order valence-corrected chi connectivity index (χ2v) is 7.18. The van der Waals surface area contributed by atoms with Crippen LogP contribution in [0.1, 0.15) is 46.0 Å². The van der Waals surface area contributed by atoms with E-state index in [1.807, 2.05) is 28.9 Å². The Balaban J connectivity index is 2.12. The van der Waals surface area contributed by atoms with E-state index in [2.05, 4.69) is 50.0 Å². The number of aromatic nitrogens is 3. The predicted octanol–water partition coefficient (Wildman–Crippen LogP) is 3.71. The topological polar surface area (TPSA) is 42.7 Å². The number of benzene rings is 1. The first-order valence-corrected chi connectivity index (χ1v) is 7.48. The number of nitrogens with zero attached hydrogens (tertiary/aromatic N) is 3. The van der Waals surface area contributed by atoms with E-state index in [1.54, 1.807) is 6.33 Å². The molecule has 114 valence electrons. The van der Waals surface area contributed by atoms with Crippen LogP contribution >= 0.6 is 11.6 Å². The molecule has 0 unspecified atom stereocenters. The van der Waals surface area contributed by atoms with Gasteiger partial charge < -0.3 is 5.32 Å². The van der Waals surface area contributed by atoms with Crippen LogP contribution in [0.3, 0.4) is 0 Å². The van der Waals surface area contributed by atoms with Crippen molar-refractivity contribution >= 4 is 11.6 Å². The molecule has 0 spiro atoms. The molecule has 0 fully saturated rings. The predicted molar refractivity (Wildman–Crippen MR) is 86.3 cm³/mol. The molecule has 0 aliphatic carbocycles. The molecule has 0 aliphatic rings. The molecule has 1 heterocycles. The van der Waals surface area contributed by atoms with E-state index < -0.39 is 0 Å². The summed E-state index contributed by atoms with van der Waals surface area (Å²) in [4.78, 5) is 4.36. The van der Waals surface area contributed by atoms with Gasteiger partial charge in [0.05, 0.1) is 12.1 Å². The molecule has 5 heteroatoms. The van der Waals surface area contributed by atoms with Gasteiger partial charge in [-0.3, -0.25) is 0 Å². The van der Waals surface area contributed by atoms with Crippen LogP contribution in [0, 0.1) is 0 Å². The molecule has 2 aromatic rings. The highest BCUT2D eigenvalue weighted by Crippen LogP contribution is 2.23. The number of rotatable bonds is 4. The van der Waals surface area contributed by atoms with Crippen LogP contribution in [0.4, 0.5) is 0 Å². The van der Waals surface area contributed by atoms with Gasteiger partial charge in [-0.2, -0.15) is 5.10 Å². The Kier molecular flexibility index (Phi) is 4.40. The molecule has 0 radical (unpaired) electrons. The lowest BCUT2D eigenvalue weighted by Gasteiger charge is -2.28. The maximum absolute atomic E-state index is 5.95. The van der Waals surface area contributed by atoms with Crippen LogP contribution in [0.25, 0.3) is 0 Å². The Labute approximate surface area is 131 Å². The minimum atomic E-state index is -0.167. The van der Waals surface area contributed by atoms with Gasteiger partial charge in [0.2, 0.25) is 0 Å². The normalized spacial score (nSPS) is 12.7. The molecule has 0 bridgehead atoms. The van der Waals surface area contributed by atoms with Crippen LogP contribution in [0.5, 0.6) is 0 Å². The van der Waals surface area contributed by atoms with Gasteiger partial charge in [0.15, 0.2) is 0 Å². The number of hydrogen-bond donors (Lipinski definition) is 1. The summed E-state index contributed by atoms with van der Waals surface area (Å²) < 4.78 is 1.96. The molecule has 0 atom stereocenters. The third-order valence-corrected chi connectivity index (χ3v) is 3.76. The monoisotopic (exact) mass is 306 g/mol. The maximum Gasteiger partial charge on any atom is 0.141 e. The van der Waals surface area contributed by atoms with Crippen molar-refractivity contribution in [2.75, 3.05) is 0 Å². The smallest absolute Gasteiger partial charge is 0.141 e. The zero-order chi connectivity index (χ0) is 15.7. The fourth-order valence-corrected chi connectivity index (χ4v) is 2.34.